The third-order valence-electron chi connectivity index (χ3n) is 4.02. The fourth-order valence-corrected chi connectivity index (χ4v) is 2.67. The number of aryl methyl sites for hydroxylation is 1. The van der Waals surface area contributed by atoms with Crippen molar-refractivity contribution in [1.82, 2.24) is 4.90 Å². The minimum atomic E-state index is 0.160. The number of hydrogen-bond acceptors (Lipinski definition) is 2. The van der Waals surface area contributed by atoms with E-state index in [9.17, 15) is 4.79 Å². The summed E-state index contributed by atoms with van der Waals surface area (Å²) in [5.41, 5.74) is 4.54. The maximum absolute atomic E-state index is 12.0. The molecule has 23 heavy (non-hydrogen) atoms. The quantitative estimate of drug-likeness (QED) is 0.514. The molecule has 2 aromatic rings. The monoisotopic (exact) mass is 309 g/mol. The smallest absolute Gasteiger partial charge is 0.176 e. The summed E-state index contributed by atoms with van der Waals surface area (Å²) in [5.74, 6) is 0.160. The molecule has 2 heteroatoms. The molecule has 0 saturated heterocycles. The topological polar surface area (TPSA) is 20.3 Å². The van der Waals surface area contributed by atoms with Crippen LogP contribution in [0.15, 0.2) is 48.5 Å². The molecule has 0 spiro atoms. The Labute approximate surface area is 140 Å². The lowest BCUT2D eigenvalue weighted by Gasteiger charge is -2.09. The predicted molar refractivity (Wildman–Crippen MR) is 98.0 cm³/mol. The van der Waals surface area contributed by atoms with Gasteiger partial charge in [-0.15, -0.1) is 0 Å². The van der Waals surface area contributed by atoms with Gasteiger partial charge >= 0.3 is 0 Å². The van der Waals surface area contributed by atoms with Gasteiger partial charge in [0.05, 0.1) is 6.54 Å². The molecule has 2 aromatic carbocycles. The lowest BCUT2D eigenvalue weighted by atomic mass is 9.99. The summed E-state index contributed by atoms with van der Waals surface area (Å²) in [5, 5.41) is 0. The summed E-state index contributed by atoms with van der Waals surface area (Å²) in [6, 6.07) is 16.7. The zero-order valence-corrected chi connectivity index (χ0v) is 14.5. The zero-order valence-electron chi connectivity index (χ0n) is 14.5. The third-order valence-corrected chi connectivity index (χ3v) is 4.02. The predicted octanol–water partition coefficient (Wildman–Crippen LogP) is 4.83. The first-order valence-electron chi connectivity index (χ1n) is 8.47. The molecular weight excluding hydrogens is 282 g/mol. The number of unbranched alkanes of at least 4 members (excludes halogenated alkanes) is 2. The van der Waals surface area contributed by atoms with Gasteiger partial charge in [-0.2, -0.15) is 0 Å². The van der Waals surface area contributed by atoms with E-state index in [1.165, 1.54) is 30.4 Å². The molecule has 122 valence electrons. The van der Waals surface area contributed by atoms with Gasteiger partial charge in [-0.3, -0.25) is 4.79 Å². The van der Waals surface area contributed by atoms with Gasteiger partial charge in [0, 0.05) is 5.56 Å². The summed E-state index contributed by atoms with van der Waals surface area (Å²) < 4.78 is 0. The van der Waals surface area contributed by atoms with Gasteiger partial charge < -0.3 is 4.90 Å². The molecule has 0 aromatic heterocycles. The Morgan fingerprint density at radius 3 is 1.96 bits per heavy atom. The molecule has 0 aliphatic rings. The fraction of sp³-hybridized carbons (Fsp3) is 0.381. The van der Waals surface area contributed by atoms with Crippen molar-refractivity contribution in [2.75, 3.05) is 20.6 Å². The highest BCUT2D eigenvalue weighted by molar-refractivity contribution is 5.98. The maximum Gasteiger partial charge on any atom is 0.176 e. The van der Waals surface area contributed by atoms with E-state index in [0.29, 0.717) is 6.54 Å². The van der Waals surface area contributed by atoms with Gasteiger partial charge in [0.1, 0.15) is 0 Å². The van der Waals surface area contributed by atoms with Crippen molar-refractivity contribution < 1.29 is 4.79 Å². The number of likely N-dealkylation sites (N-methyl/N-ethyl adjacent to an activating group) is 1. The standard InChI is InChI=1S/C21H27NO/c1-4-5-6-7-17-8-10-18(11-9-17)19-12-14-20(15-13-19)21(23)16-22(2)3/h8-15H,4-7,16H2,1-3H3. The molecular formula is C21H27NO. The second-order valence-corrected chi connectivity index (χ2v) is 6.39. The maximum atomic E-state index is 12.0. The molecule has 0 bridgehead atoms. The third kappa shape index (κ3) is 5.33. The van der Waals surface area contributed by atoms with E-state index in [4.69, 9.17) is 0 Å². The molecule has 2 nitrogen and oxygen atoms in total. The Balaban J connectivity index is 2.03. The van der Waals surface area contributed by atoms with Crippen molar-refractivity contribution in [3.63, 3.8) is 0 Å². The van der Waals surface area contributed by atoms with Crippen LogP contribution in [0, 0.1) is 0 Å². The van der Waals surface area contributed by atoms with Crippen LogP contribution in [0.1, 0.15) is 42.1 Å². The molecule has 0 aliphatic carbocycles. The summed E-state index contributed by atoms with van der Waals surface area (Å²) >= 11 is 0. The minimum absolute atomic E-state index is 0.160. The molecule has 0 heterocycles. The van der Waals surface area contributed by atoms with Gasteiger partial charge in [0.15, 0.2) is 5.78 Å². The Hall–Kier alpha value is -1.93. The molecule has 0 aliphatic heterocycles. The first-order chi connectivity index (χ1) is 11.1. The van der Waals surface area contributed by atoms with Crippen molar-refractivity contribution in [3.05, 3.63) is 59.7 Å². The van der Waals surface area contributed by atoms with Crippen LogP contribution in [0.5, 0.6) is 0 Å². The van der Waals surface area contributed by atoms with Crippen LogP contribution < -0.4 is 0 Å². The van der Waals surface area contributed by atoms with Crippen molar-refractivity contribution in [2.45, 2.75) is 32.6 Å². The van der Waals surface area contributed by atoms with E-state index >= 15 is 0 Å². The Bertz CT molecular complexity index is 611. The van der Waals surface area contributed by atoms with Gasteiger partial charge in [0.25, 0.3) is 0 Å². The van der Waals surface area contributed by atoms with E-state index in [0.717, 1.165) is 17.5 Å². The average molecular weight is 309 g/mol. The first-order valence-corrected chi connectivity index (χ1v) is 8.47. The summed E-state index contributed by atoms with van der Waals surface area (Å²) in [6.45, 7) is 2.68. The number of carbonyl (C=O) groups is 1. The Morgan fingerprint density at radius 1 is 0.870 bits per heavy atom. The number of hydrogen-bond donors (Lipinski definition) is 0. The highest BCUT2D eigenvalue weighted by Crippen LogP contribution is 2.21. The highest BCUT2D eigenvalue weighted by Gasteiger charge is 2.07. The van der Waals surface area contributed by atoms with E-state index in [1.54, 1.807) is 0 Å². The van der Waals surface area contributed by atoms with Crippen LogP contribution >= 0.6 is 0 Å². The van der Waals surface area contributed by atoms with E-state index in [1.807, 2.05) is 43.3 Å². The van der Waals surface area contributed by atoms with Crippen LogP contribution in [0.4, 0.5) is 0 Å². The molecule has 2 rings (SSSR count). The lowest BCUT2D eigenvalue weighted by Crippen LogP contribution is -2.21. The number of carbonyl (C=O) groups excluding carboxylic acids is 1. The zero-order chi connectivity index (χ0) is 16.7. The van der Waals surface area contributed by atoms with Gasteiger partial charge in [0.2, 0.25) is 0 Å². The van der Waals surface area contributed by atoms with Gasteiger partial charge in [-0.05, 0) is 43.6 Å². The number of ketones is 1. The van der Waals surface area contributed by atoms with Crippen molar-refractivity contribution in [1.29, 1.82) is 0 Å². The number of benzene rings is 2. The minimum Gasteiger partial charge on any atom is -0.302 e. The van der Waals surface area contributed by atoms with Crippen LogP contribution in [0.3, 0.4) is 0 Å². The number of nitrogens with zero attached hydrogens (tertiary/aromatic N) is 1. The molecule has 0 radical (unpaired) electrons. The van der Waals surface area contributed by atoms with Gasteiger partial charge in [-0.25, -0.2) is 0 Å². The number of Topliss-reactive ketones (excluding diaryl/α,β-unsaturated/α-hetero) is 1. The summed E-state index contributed by atoms with van der Waals surface area (Å²) in [6.07, 6.45) is 4.98. The highest BCUT2D eigenvalue weighted by atomic mass is 16.1. The average Bonchev–Trinajstić information content (AvgIpc) is 2.55. The van der Waals surface area contributed by atoms with Crippen molar-refractivity contribution >= 4 is 5.78 Å². The molecule has 0 fully saturated rings. The summed E-state index contributed by atoms with van der Waals surface area (Å²) in [7, 11) is 3.82. The second-order valence-electron chi connectivity index (χ2n) is 6.39. The van der Waals surface area contributed by atoms with Gasteiger partial charge in [-0.1, -0.05) is 68.3 Å². The normalized spacial score (nSPS) is 11.0. The molecule has 0 saturated carbocycles. The van der Waals surface area contributed by atoms with E-state index in [2.05, 4.69) is 31.2 Å². The van der Waals surface area contributed by atoms with Crippen LogP contribution in [-0.2, 0) is 6.42 Å². The number of rotatable bonds is 8. The van der Waals surface area contributed by atoms with Crippen LogP contribution in [0.25, 0.3) is 11.1 Å². The summed E-state index contributed by atoms with van der Waals surface area (Å²) in [4.78, 5) is 13.9. The molecule has 0 atom stereocenters. The Morgan fingerprint density at radius 2 is 1.43 bits per heavy atom. The Kier molecular flexibility index (Phi) is 6.54. The van der Waals surface area contributed by atoms with E-state index in [-0.39, 0.29) is 5.78 Å². The van der Waals surface area contributed by atoms with Crippen LogP contribution in [0.2, 0.25) is 0 Å². The lowest BCUT2D eigenvalue weighted by molar-refractivity contribution is 0.0958. The fourth-order valence-electron chi connectivity index (χ4n) is 2.67. The molecule has 0 N–H and O–H groups in total. The second kappa shape index (κ2) is 8.64. The van der Waals surface area contributed by atoms with Crippen LogP contribution in [-0.4, -0.2) is 31.3 Å². The molecule has 0 amide bonds. The van der Waals surface area contributed by atoms with E-state index < -0.39 is 0 Å². The SMILES string of the molecule is CCCCCc1ccc(-c2ccc(C(=O)CN(C)C)cc2)cc1. The van der Waals surface area contributed by atoms with Crippen molar-refractivity contribution in [2.24, 2.45) is 0 Å². The van der Waals surface area contributed by atoms with Crippen molar-refractivity contribution in [3.8, 4) is 11.1 Å². The molecule has 0 unspecified atom stereocenters. The first kappa shape index (κ1) is 17.4. The largest absolute Gasteiger partial charge is 0.302 e.